The maximum Gasteiger partial charge on any atom is 0.161 e. The molecule has 0 bridgehead atoms. The zero-order valence-electron chi connectivity index (χ0n) is 18.6. The molecule has 170 valence electrons. The molecule has 1 saturated heterocycles. The molecule has 2 aromatic rings. The second kappa shape index (κ2) is 12.0. The number of nitrogens with zero attached hydrogens (tertiary/aromatic N) is 2. The number of rotatable bonds is 11. The molecule has 1 aromatic carbocycles. The number of nitrogens with one attached hydrogen (secondary N) is 1. The molecule has 1 aliphatic heterocycles. The minimum atomic E-state index is -0.587. The van der Waals surface area contributed by atoms with Crippen LogP contribution in [0.3, 0.4) is 0 Å². The number of β-amino-alcohol motifs (C(OH)–C–C–N with tert-alkyl or cyclic N) is 1. The molecule has 1 fully saturated rings. The SMILES string of the molecule is COc1cc(CNCCc2ncccc2C)ccc1OC[C@H](O)CN1CCC(O)CC1. The number of methoxy groups -OCH3 is 1. The fraction of sp³-hybridized carbons (Fsp3) is 0.542. The van der Waals surface area contributed by atoms with E-state index in [0.717, 1.165) is 56.7 Å². The van der Waals surface area contributed by atoms with E-state index in [9.17, 15) is 10.2 Å². The van der Waals surface area contributed by atoms with Crippen molar-refractivity contribution in [1.29, 1.82) is 0 Å². The Hall–Kier alpha value is -2.19. The van der Waals surface area contributed by atoms with E-state index in [0.29, 0.717) is 18.0 Å². The van der Waals surface area contributed by atoms with E-state index in [-0.39, 0.29) is 12.7 Å². The van der Waals surface area contributed by atoms with E-state index in [4.69, 9.17) is 9.47 Å². The molecule has 7 nitrogen and oxygen atoms in total. The fourth-order valence-electron chi connectivity index (χ4n) is 3.80. The molecule has 7 heteroatoms. The second-order valence-corrected chi connectivity index (χ2v) is 8.18. The van der Waals surface area contributed by atoms with Gasteiger partial charge >= 0.3 is 0 Å². The van der Waals surface area contributed by atoms with Gasteiger partial charge in [0, 0.05) is 51.0 Å². The standard InChI is InChI=1S/C24H35N3O4/c1-18-4-3-10-26-22(18)7-11-25-15-19-5-6-23(24(14-19)30-2)31-17-21(29)16-27-12-8-20(28)9-13-27/h3-6,10,14,20-21,25,28-29H,7-9,11-13,15-17H2,1-2H3/t21-/m1/s1. The number of hydrogen-bond donors (Lipinski definition) is 3. The zero-order chi connectivity index (χ0) is 22.1. The van der Waals surface area contributed by atoms with Crippen LogP contribution < -0.4 is 14.8 Å². The minimum Gasteiger partial charge on any atom is -0.493 e. The van der Waals surface area contributed by atoms with Crippen LogP contribution >= 0.6 is 0 Å². The monoisotopic (exact) mass is 429 g/mol. The van der Waals surface area contributed by atoms with E-state index in [1.165, 1.54) is 5.56 Å². The molecule has 1 aromatic heterocycles. The van der Waals surface area contributed by atoms with Crippen LogP contribution in [0, 0.1) is 6.92 Å². The van der Waals surface area contributed by atoms with Crippen LogP contribution in [0.4, 0.5) is 0 Å². The first-order chi connectivity index (χ1) is 15.0. The van der Waals surface area contributed by atoms with Crippen molar-refractivity contribution in [2.45, 2.75) is 44.9 Å². The van der Waals surface area contributed by atoms with Gasteiger partial charge in [0.25, 0.3) is 0 Å². The van der Waals surface area contributed by atoms with Crippen LogP contribution in [-0.4, -0.2) is 72.2 Å². The van der Waals surface area contributed by atoms with Crippen molar-refractivity contribution in [3.8, 4) is 11.5 Å². The van der Waals surface area contributed by atoms with E-state index in [2.05, 4.69) is 28.2 Å². The summed E-state index contributed by atoms with van der Waals surface area (Å²) >= 11 is 0. The second-order valence-electron chi connectivity index (χ2n) is 8.18. The van der Waals surface area contributed by atoms with Crippen molar-refractivity contribution in [2.75, 3.05) is 39.9 Å². The topological polar surface area (TPSA) is 87.1 Å². The van der Waals surface area contributed by atoms with Gasteiger partial charge in [-0.05, 0) is 49.1 Å². The molecule has 0 radical (unpaired) electrons. The van der Waals surface area contributed by atoms with Crippen molar-refractivity contribution in [3.63, 3.8) is 0 Å². The Morgan fingerprint density at radius 2 is 2.03 bits per heavy atom. The summed E-state index contributed by atoms with van der Waals surface area (Å²) in [6.07, 6.45) is 3.45. The average Bonchev–Trinajstić information content (AvgIpc) is 2.78. The lowest BCUT2D eigenvalue weighted by molar-refractivity contribution is 0.0333. The number of hydrogen-bond acceptors (Lipinski definition) is 7. The van der Waals surface area contributed by atoms with E-state index >= 15 is 0 Å². The molecule has 3 rings (SSSR count). The lowest BCUT2D eigenvalue weighted by Gasteiger charge is -2.30. The molecule has 0 amide bonds. The van der Waals surface area contributed by atoms with E-state index in [1.807, 2.05) is 30.5 Å². The number of aliphatic hydroxyl groups excluding tert-OH is 2. The van der Waals surface area contributed by atoms with Crippen LogP contribution in [0.2, 0.25) is 0 Å². The Kier molecular flexibility index (Phi) is 9.09. The number of aryl methyl sites for hydroxylation is 1. The number of benzene rings is 1. The summed E-state index contributed by atoms with van der Waals surface area (Å²) in [5.41, 5.74) is 3.44. The molecule has 3 N–H and O–H groups in total. The maximum absolute atomic E-state index is 10.3. The zero-order valence-corrected chi connectivity index (χ0v) is 18.6. The van der Waals surface area contributed by atoms with Gasteiger partial charge in [-0.25, -0.2) is 0 Å². The normalized spacial score (nSPS) is 16.3. The van der Waals surface area contributed by atoms with Crippen molar-refractivity contribution < 1.29 is 19.7 Å². The highest BCUT2D eigenvalue weighted by Crippen LogP contribution is 2.28. The van der Waals surface area contributed by atoms with Crippen LogP contribution in [0.25, 0.3) is 0 Å². The quantitative estimate of drug-likeness (QED) is 0.471. The Morgan fingerprint density at radius 1 is 1.23 bits per heavy atom. The fourth-order valence-corrected chi connectivity index (χ4v) is 3.80. The molecule has 0 saturated carbocycles. The predicted molar refractivity (Wildman–Crippen MR) is 121 cm³/mol. The van der Waals surface area contributed by atoms with Crippen LogP contribution in [0.1, 0.15) is 29.7 Å². The van der Waals surface area contributed by atoms with Crippen molar-refractivity contribution >= 4 is 0 Å². The highest BCUT2D eigenvalue weighted by molar-refractivity contribution is 5.43. The van der Waals surface area contributed by atoms with Crippen molar-refractivity contribution in [2.24, 2.45) is 0 Å². The number of ether oxygens (including phenoxy) is 2. The Labute approximate surface area is 185 Å². The Balaban J connectivity index is 1.43. The molecule has 0 aliphatic carbocycles. The third-order valence-corrected chi connectivity index (χ3v) is 5.67. The van der Waals surface area contributed by atoms with E-state index < -0.39 is 6.10 Å². The first kappa shape index (κ1) is 23.5. The number of pyridine rings is 1. The smallest absolute Gasteiger partial charge is 0.161 e. The molecule has 31 heavy (non-hydrogen) atoms. The predicted octanol–water partition coefficient (Wildman–Crippen LogP) is 1.93. The molecular formula is C24H35N3O4. The van der Waals surface area contributed by atoms with Gasteiger partial charge in [-0.3, -0.25) is 4.98 Å². The third kappa shape index (κ3) is 7.47. The van der Waals surface area contributed by atoms with Gasteiger partial charge in [0.15, 0.2) is 11.5 Å². The van der Waals surface area contributed by atoms with Gasteiger partial charge in [-0.15, -0.1) is 0 Å². The Bertz CT molecular complexity index is 809. The van der Waals surface area contributed by atoms with Gasteiger partial charge in [0.2, 0.25) is 0 Å². The summed E-state index contributed by atoms with van der Waals surface area (Å²) in [6.45, 7) is 6.03. The largest absolute Gasteiger partial charge is 0.493 e. The van der Waals surface area contributed by atoms with Crippen molar-refractivity contribution in [3.05, 3.63) is 53.3 Å². The van der Waals surface area contributed by atoms with Gasteiger partial charge in [0.1, 0.15) is 12.7 Å². The molecule has 2 heterocycles. The number of aromatic nitrogens is 1. The number of piperidine rings is 1. The summed E-state index contributed by atoms with van der Waals surface area (Å²) < 4.78 is 11.3. The molecule has 1 atom stereocenters. The highest BCUT2D eigenvalue weighted by atomic mass is 16.5. The van der Waals surface area contributed by atoms with E-state index in [1.54, 1.807) is 7.11 Å². The lowest BCUT2D eigenvalue weighted by atomic mass is 10.1. The van der Waals surface area contributed by atoms with Crippen LogP contribution in [0.5, 0.6) is 11.5 Å². The lowest BCUT2D eigenvalue weighted by Crippen LogP contribution is -2.41. The maximum atomic E-state index is 10.3. The molecular weight excluding hydrogens is 394 g/mol. The highest BCUT2D eigenvalue weighted by Gasteiger charge is 2.20. The summed E-state index contributed by atoms with van der Waals surface area (Å²) in [5.74, 6) is 1.29. The first-order valence-corrected chi connectivity index (χ1v) is 11.0. The third-order valence-electron chi connectivity index (χ3n) is 5.67. The number of likely N-dealkylation sites (tertiary alicyclic amines) is 1. The summed E-state index contributed by atoms with van der Waals surface area (Å²) in [6, 6.07) is 9.91. The van der Waals surface area contributed by atoms with Gasteiger partial charge in [-0.1, -0.05) is 12.1 Å². The van der Waals surface area contributed by atoms with Gasteiger partial charge in [0.05, 0.1) is 13.2 Å². The Morgan fingerprint density at radius 3 is 2.77 bits per heavy atom. The number of aliphatic hydroxyl groups is 2. The summed E-state index contributed by atoms with van der Waals surface area (Å²) in [7, 11) is 1.62. The summed E-state index contributed by atoms with van der Waals surface area (Å²) in [4.78, 5) is 6.59. The average molecular weight is 430 g/mol. The van der Waals surface area contributed by atoms with Gasteiger partial charge < -0.3 is 29.9 Å². The first-order valence-electron chi connectivity index (χ1n) is 11.0. The van der Waals surface area contributed by atoms with Crippen LogP contribution in [0.15, 0.2) is 36.5 Å². The van der Waals surface area contributed by atoms with Gasteiger partial charge in [-0.2, -0.15) is 0 Å². The molecule has 1 aliphatic rings. The summed E-state index contributed by atoms with van der Waals surface area (Å²) in [5, 5.41) is 23.4. The minimum absolute atomic E-state index is 0.205. The molecule has 0 unspecified atom stereocenters. The molecule has 0 spiro atoms. The van der Waals surface area contributed by atoms with Crippen LogP contribution in [-0.2, 0) is 13.0 Å². The van der Waals surface area contributed by atoms with Crippen molar-refractivity contribution in [1.82, 2.24) is 15.2 Å².